The van der Waals surface area contributed by atoms with Crippen LogP contribution in [0.2, 0.25) is 0 Å². The van der Waals surface area contributed by atoms with Crippen molar-refractivity contribution in [1.82, 2.24) is 9.80 Å². The highest BCUT2D eigenvalue weighted by Gasteiger charge is 2.35. The largest absolute Gasteiger partial charge is 0.497 e. The third-order valence-electron chi connectivity index (χ3n) is 7.80. The smallest absolute Gasteiger partial charge is 0.260 e. The third-order valence-corrected chi connectivity index (χ3v) is 7.80. The molecule has 1 saturated heterocycles. The van der Waals surface area contributed by atoms with Crippen molar-refractivity contribution in [1.29, 1.82) is 0 Å². The van der Waals surface area contributed by atoms with Gasteiger partial charge >= 0.3 is 0 Å². The lowest BCUT2D eigenvalue weighted by Gasteiger charge is -2.39. The summed E-state index contributed by atoms with van der Waals surface area (Å²) in [4.78, 5) is 44.4. The Morgan fingerprint density at radius 2 is 1.60 bits per heavy atom. The molecule has 1 saturated carbocycles. The quantitative estimate of drug-likeness (QED) is 0.620. The van der Waals surface area contributed by atoms with Crippen molar-refractivity contribution in [2.24, 2.45) is 11.8 Å². The van der Waals surface area contributed by atoms with E-state index in [4.69, 9.17) is 4.74 Å². The number of fused-ring (bicyclic) bond motifs is 1. The molecule has 35 heavy (non-hydrogen) atoms. The van der Waals surface area contributed by atoms with E-state index in [-0.39, 0.29) is 36.0 Å². The van der Waals surface area contributed by atoms with Crippen LogP contribution in [0.3, 0.4) is 0 Å². The number of piperazine rings is 1. The lowest BCUT2D eigenvalue weighted by atomic mass is 9.80. The molecule has 0 unspecified atom stereocenters. The normalized spacial score (nSPS) is 22.7. The number of rotatable bonds is 5. The molecule has 5 rings (SSSR count). The van der Waals surface area contributed by atoms with Gasteiger partial charge in [-0.05, 0) is 67.5 Å². The lowest BCUT2D eigenvalue weighted by Crippen LogP contribution is -2.51. The number of methoxy groups -OCH3 is 1. The predicted molar refractivity (Wildman–Crippen MR) is 133 cm³/mol. The second-order valence-electron chi connectivity index (χ2n) is 9.87. The van der Waals surface area contributed by atoms with Crippen molar-refractivity contribution < 1.29 is 19.1 Å². The van der Waals surface area contributed by atoms with E-state index in [9.17, 15) is 14.4 Å². The number of carbonyl (C=O) groups is 3. The molecule has 7 nitrogen and oxygen atoms in total. The molecule has 0 N–H and O–H groups in total. The summed E-state index contributed by atoms with van der Waals surface area (Å²) in [6.07, 6.45) is 3.70. The number of benzene rings is 2. The highest BCUT2D eigenvalue weighted by atomic mass is 16.5. The van der Waals surface area contributed by atoms with Crippen molar-refractivity contribution in [2.45, 2.75) is 32.1 Å². The fraction of sp³-hybridized carbons (Fsp3) is 0.464. The summed E-state index contributed by atoms with van der Waals surface area (Å²) in [5, 5.41) is 0. The van der Waals surface area contributed by atoms with E-state index in [0.29, 0.717) is 12.1 Å². The minimum atomic E-state index is -0.176. The fourth-order valence-electron chi connectivity index (χ4n) is 5.67. The Hall–Kier alpha value is -3.35. The van der Waals surface area contributed by atoms with Gasteiger partial charge in [-0.2, -0.15) is 0 Å². The molecule has 7 heteroatoms. The predicted octanol–water partition coefficient (Wildman–Crippen LogP) is 3.38. The van der Waals surface area contributed by atoms with Crippen LogP contribution < -0.4 is 9.64 Å². The van der Waals surface area contributed by atoms with Crippen molar-refractivity contribution in [2.75, 3.05) is 44.7 Å². The highest BCUT2D eigenvalue weighted by molar-refractivity contribution is 6.09. The zero-order chi connectivity index (χ0) is 24.4. The molecule has 2 aliphatic heterocycles. The van der Waals surface area contributed by atoms with Gasteiger partial charge in [-0.3, -0.25) is 19.3 Å². The van der Waals surface area contributed by atoms with Gasteiger partial charge in [-0.15, -0.1) is 0 Å². The van der Waals surface area contributed by atoms with Gasteiger partial charge in [0, 0.05) is 49.9 Å². The Kier molecular flexibility index (Phi) is 6.75. The minimum absolute atomic E-state index is 0.0484. The molecule has 2 aromatic carbocycles. The van der Waals surface area contributed by atoms with Crippen LogP contribution in [0.4, 0.5) is 5.69 Å². The van der Waals surface area contributed by atoms with Gasteiger partial charge in [0.1, 0.15) is 5.75 Å². The number of carbonyl (C=O) groups excluding carboxylic acids is 3. The zero-order valence-corrected chi connectivity index (χ0v) is 20.3. The van der Waals surface area contributed by atoms with Crippen molar-refractivity contribution in [3.63, 3.8) is 0 Å². The molecule has 0 spiro atoms. The summed E-state index contributed by atoms with van der Waals surface area (Å²) in [7, 11) is 1.67. The molecule has 3 amide bonds. The summed E-state index contributed by atoms with van der Waals surface area (Å²) in [6.45, 7) is 3.59. The van der Waals surface area contributed by atoms with E-state index < -0.39 is 0 Å². The number of imide groups is 1. The van der Waals surface area contributed by atoms with E-state index in [1.54, 1.807) is 13.2 Å². The van der Waals surface area contributed by atoms with Gasteiger partial charge in [0.15, 0.2) is 0 Å². The molecular weight excluding hydrogens is 442 g/mol. The van der Waals surface area contributed by atoms with Crippen LogP contribution in [0, 0.1) is 11.8 Å². The Morgan fingerprint density at radius 1 is 0.914 bits per heavy atom. The van der Waals surface area contributed by atoms with Gasteiger partial charge in [-0.25, -0.2) is 0 Å². The van der Waals surface area contributed by atoms with Gasteiger partial charge in [0.25, 0.3) is 5.91 Å². The van der Waals surface area contributed by atoms with Gasteiger partial charge in [0.2, 0.25) is 11.8 Å². The van der Waals surface area contributed by atoms with Crippen LogP contribution in [0.5, 0.6) is 5.75 Å². The van der Waals surface area contributed by atoms with Crippen molar-refractivity contribution in [3.05, 3.63) is 59.7 Å². The molecule has 0 radical (unpaired) electrons. The average Bonchev–Trinajstić information content (AvgIpc) is 2.91. The first-order chi connectivity index (χ1) is 17.0. The first-order valence-corrected chi connectivity index (χ1v) is 12.6. The summed E-state index contributed by atoms with van der Waals surface area (Å²) >= 11 is 0. The molecule has 184 valence electrons. The fourth-order valence-corrected chi connectivity index (χ4v) is 5.67. The Labute approximate surface area is 206 Å². The van der Waals surface area contributed by atoms with Gasteiger partial charge in [0.05, 0.1) is 13.5 Å². The maximum atomic E-state index is 13.2. The zero-order valence-electron chi connectivity index (χ0n) is 20.3. The molecule has 2 heterocycles. The molecular formula is C28H33N3O4. The molecule has 1 aliphatic carbocycles. The number of hydrogen-bond donors (Lipinski definition) is 0. The van der Waals surface area contributed by atoms with Crippen LogP contribution in [0.15, 0.2) is 48.5 Å². The summed E-state index contributed by atoms with van der Waals surface area (Å²) < 4.78 is 5.24. The topological polar surface area (TPSA) is 70.2 Å². The average molecular weight is 476 g/mol. The summed E-state index contributed by atoms with van der Waals surface area (Å²) in [5.41, 5.74) is 2.62. The van der Waals surface area contributed by atoms with Crippen molar-refractivity contribution >= 4 is 23.4 Å². The second kappa shape index (κ2) is 10.1. The van der Waals surface area contributed by atoms with Gasteiger partial charge < -0.3 is 14.5 Å². The van der Waals surface area contributed by atoms with Crippen LogP contribution in [0.1, 0.15) is 41.6 Å². The number of ether oxygens (including phenoxy) is 1. The van der Waals surface area contributed by atoms with Crippen LogP contribution in [0.25, 0.3) is 0 Å². The lowest BCUT2D eigenvalue weighted by molar-refractivity contribution is -0.137. The van der Waals surface area contributed by atoms with E-state index in [1.807, 2.05) is 35.2 Å². The molecule has 0 atom stereocenters. The first-order valence-electron chi connectivity index (χ1n) is 12.6. The third kappa shape index (κ3) is 4.90. The standard InChI is InChI=1S/C28H33N3O4/c1-35-24-12-10-23(11-13-24)29-14-16-30(17-15-29)27(33)21-8-6-20(7-9-21)19-31-26(32)18-22-4-2-3-5-25(22)28(31)34/h2-5,10-13,20-21H,6-9,14-19H2,1H3. The maximum absolute atomic E-state index is 13.2. The summed E-state index contributed by atoms with van der Waals surface area (Å²) in [5.74, 6) is 1.14. The molecule has 3 aliphatic rings. The molecule has 0 bridgehead atoms. The molecule has 2 aromatic rings. The number of anilines is 1. The van der Waals surface area contributed by atoms with E-state index >= 15 is 0 Å². The minimum Gasteiger partial charge on any atom is -0.497 e. The Balaban J connectivity index is 1.10. The number of hydrogen-bond acceptors (Lipinski definition) is 5. The van der Waals surface area contributed by atoms with Crippen LogP contribution >= 0.6 is 0 Å². The van der Waals surface area contributed by atoms with E-state index in [2.05, 4.69) is 17.0 Å². The van der Waals surface area contributed by atoms with Gasteiger partial charge in [-0.1, -0.05) is 18.2 Å². The number of amides is 3. The van der Waals surface area contributed by atoms with Crippen molar-refractivity contribution in [3.8, 4) is 5.75 Å². The first kappa shape index (κ1) is 23.4. The maximum Gasteiger partial charge on any atom is 0.260 e. The van der Waals surface area contributed by atoms with Crippen LogP contribution in [-0.2, 0) is 16.0 Å². The Bertz CT molecular complexity index is 1080. The van der Waals surface area contributed by atoms with E-state index in [0.717, 1.165) is 68.9 Å². The Morgan fingerprint density at radius 3 is 2.29 bits per heavy atom. The highest BCUT2D eigenvalue weighted by Crippen LogP contribution is 2.32. The molecule has 2 fully saturated rings. The summed E-state index contributed by atoms with van der Waals surface area (Å²) in [6, 6.07) is 15.4. The van der Waals surface area contributed by atoms with Crippen LogP contribution in [-0.4, -0.2) is 67.4 Å². The second-order valence-corrected chi connectivity index (χ2v) is 9.87. The van der Waals surface area contributed by atoms with E-state index in [1.165, 1.54) is 4.90 Å². The number of nitrogens with zero attached hydrogens (tertiary/aromatic N) is 3. The monoisotopic (exact) mass is 475 g/mol. The SMILES string of the molecule is COc1ccc(N2CCN(C(=O)C3CCC(CN4C(=O)Cc5ccccc5C4=O)CC3)CC2)cc1. The molecule has 0 aromatic heterocycles.